The van der Waals surface area contributed by atoms with E-state index in [-0.39, 0.29) is 17.3 Å². The van der Waals surface area contributed by atoms with E-state index >= 15 is 0 Å². The highest BCUT2D eigenvalue weighted by Crippen LogP contribution is 2.11. The van der Waals surface area contributed by atoms with Crippen LogP contribution in [0.15, 0.2) is 12.3 Å². The number of nitrogens with one attached hydrogen (secondary N) is 2. The first-order valence-electron chi connectivity index (χ1n) is 4.82. The Morgan fingerprint density at radius 2 is 2.31 bits per heavy atom. The molecule has 1 aromatic heterocycles. The van der Waals surface area contributed by atoms with Crippen LogP contribution < -0.4 is 5.32 Å². The molecule has 0 atom stereocenters. The lowest BCUT2D eigenvalue weighted by molar-refractivity contribution is -0.384. The fourth-order valence-corrected chi connectivity index (χ4v) is 1.33. The number of aromatic amines is 1. The first kappa shape index (κ1) is 12.5. The Morgan fingerprint density at radius 1 is 1.56 bits per heavy atom. The second kappa shape index (κ2) is 6.12. The van der Waals surface area contributed by atoms with Gasteiger partial charge in [0.2, 0.25) is 0 Å². The standard InChI is InChI=1S/C9H12ClN3O3/c10-3-1-2-4-11-9(14)8-5-7(6-12-8)13(15)16/h5-6,12H,1-4H2,(H,11,14). The third-order valence-corrected chi connectivity index (χ3v) is 2.24. The van der Waals surface area contributed by atoms with Gasteiger partial charge in [-0.15, -0.1) is 11.6 Å². The zero-order valence-electron chi connectivity index (χ0n) is 8.53. The second-order valence-electron chi connectivity index (χ2n) is 3.18. The molecule has 1 amide bonds. The summed E-state index contributed by atoms with van der Waals surface area (Å²) in [6.45, 7) is 0.512. The molecule has 0 aliphatic rings. The predicted molar refractivity (Wildman–Crippen MR) is 59.7 cm³/mol. The van der Waals surface area contributed by atoms with Crippen LogP contribution in [0.25, 0.3) is 0 Å². The van der Waals surface area contributed by atoms with E-state index in [1.807, 2.05) is 0 Å². The van der Waals surface area contributed by atoms with E-state index in [1.54, 1.807) is 0 Å². The lowest BCUT2D eigenvalue weighted by atomic mass is 10.3. The fraction of sp³-hybridized carbons (Fsp3) is 0.444. The third-order valence-electron chi connectivity index (χ3n) is 1.97. The molecule has 0 fully saturated rings. The molecule has 0 bridgehead atoms. The van der Waals surface area contributed by atoms with Crippen LogP contribution >= 0.6 is 11.6 Å². The average molecular weight is 246 g/mol. The van der Waals surface area contributed by atoms with Crippen LogP contribution in [-0.2, 0) is 0 Å². The lowest BCUT2D eigenvalue weighted by Crippen LogP contribution is -2.24. The number of hydrogen-bond acceptors (Lipinski definition) is 3. The van der Waals surface area contributed by atoms with Crippen molar-refractivity contribution in [1.29, 1.82) is 0 Å². The highest BCUT2D eigenvalue weighted by Gasteiger charge is 2.13. The summed E-state index contributed by atoms with van der Waals surface area (Å²) in [5.74, 6) is 0.215. The first-order valence-corrected chi connectivity index (χ1v) is 5.35. The van der Waals surface area contributed by atoms with E-state index in [4.69, 9.17) is 11.6 Å². The summed E-state index contributed by atoms with van der Waals surface area (Å²) in [5.41, 5.74) is 0.0727. The Hall–Kier alpha value is -1.56. The number of hydrogen-bond donors (Lipinski definition) is 2. The van der Waals surface area contributed by atoms with Crippen molar-refractivity contribution in [3.8, 4) is 0 Å². The van der Waals surface area contributed by atoms with Gasteiger partial charge in [-0.1, -0.05) is 0 Å². The molecule has 1 heterocycles. The molecule has 0 spiro atoms. The zero-order chi connectivity index (χ0) is 12.0. The number of aromatic nitrogens is 1. The van der Waals surface area contributed by atoms with Gasteiger partial charge in [0.25, 0.3) is 11.6 Å². The SMILES string of the molecule is O=C(NCCCCCl)c1cc([N+](=O)[O-])c[nH]1. The van der Waals surface area contributed by atoms with Gasteiger partial charge >= 0.3 is 0 Å². The summed E-state index contributed by atoms with van der Waals surface area (Å²) in [6.07, 6.45) is 2.80. The highest BCUT2D eigenvalue weighted by atomic mass is 35.5. The van der Waals surface area contributed by atoms with Crippen LogP contribution in [0.3, 0.4) is 0 Å². The maximum absolute atomic E-state index is 11.4. The summed E-state index contributed by atoms with van der Waals surface area (Å²) >= 11 is 5.48. The van der Waals surface area contributed by atoms with Gasteiger partial charge in [-0.2, -0.15) is 0 Å². The van der Waals surface area contributed by atoms with Gasteiger partial charge in [-0.3, -0.25) is 14.9 Å². The second-order valence-corrected chi connectivity index (χ2v) is 3.56. The van der Waals surface area contributed by atoms with E-state index in [9.17, 15) is 14.9 Å². The van der Waals surface area contributed by atoms with Crippen molar-refractivity contribution < 1.29 is 9.72 Å². The number of amides is 1. The molecule has 0 radical (unpaired) electrons. The number of carbonyl (C=O) groups is 1. The molecule has 1 aromatic rings. The Balaban J connectivity index is 2.43. The molecule has 2 N–H and O–H groups in total. The third kappa shape index (κ3) is 3.54. The normalized spacial score (nSPS) is 10.1. The van der Waals surface area contributed by atoms with Crippen molar-refractivity contribution in [1.82, 2.24) is 10.3 Å². The number of carbonyl (C=O) groups excluding carboxylic acids is 1. The summed E-state index contributed by atoms with van der Waals surface area (Å²) in [7, 11) is 0. The van der Waals surface area contributed by atoms with Crippen molar-refractivity contribution in [3.63, 3.8) is 0 Å². The number of rotatable bonds is 6. The Morgan fingerprint density at radius 3 is 2.88 bits per heavy atom. The van der Waals surface area contributed by atoms with Gasteiger partial charge in [0.05, 0.1) is 11.1 Å². The van der Waals surface area contributed by atoms with E-state index < -0.39 is 4.92 Å². The number of H-pyrrole nitrogens is 1. The number of nitrogens with zero attached hydrogens (tertiary/aromatic N) is 1. The predicted octanol–water partition coefficient (Wildman–Crippen LogP) is 1.67. The van der Waals surface area contributed by atoms with Gasteiger partial charge in [-0.25, -0.2) is 0 Å². The Bertz CT molecular complexity index is 378. The number of unbranched alkanes of at least 4 members (excludes halogenated alkanes) is 1. The van der Waals surface area contributed by atoms with Gasteiger partial charge < -0.3 is 10.3 Å². The molecule has 6 nitrogen and oxygen atoms in total. The summed E-state index contributed by atoms with van der Waals surface area (Å²) in [6, 6.07) is 1.21. The molecule has 0 unspecified atom stereocenters. The number of nitro groups is 1. The van der Waals surface area contributed by atoms with Crippen LogP contribution in [0.2, 0.25) is 0 Å². The van der Waals surface area contributed by atoms with Crippen LogP contribution in [0.4, 0.5) is 5.69 Å². The minimum Gasteiger partial charge on any atom is -0.351 e. The molecule has 88 valence electrons. The van der Waals surface area contributed by atoms with E-state index in [2.05, 4.69) is 10.3 Å². The number of alkyl halides is 1. The van der Waals surface area contributed by atoms with Crippen LogP contribution in [0.1, 0.15) is 23.3 Å². The summed E-state index contributed by atoms with van der Waals surface area (Å²) in [5, 5.41) is 13.0. The molecule has 16 heavy (non-hydrogen) atoms. The minimum atomic E-state index is -0.555. The van der Waals surface area contributed by atoms with E-state index in [0.29, 0.717) is 12.4 Å². The topological polar surface area (TPSA) is 88.0 Å². The molecule has 1 rings (SSSR count). The van der Waals surface area contributed by atoms with Crippen molar-refractivity contribution in [2.75, 3.05) is 12.4 Å². The highest BCUT2D eigenvalue weighted by molar-refractivity contribution is 6.17. The summed E-state index contributed by atoms with van der Waals surface area (Å²) < 4.78 is 0. The van der Waals surface area contributed by atoms with Crippen molar-refractivity contribution in [2.24, 2.45) is 0 Å². The summed E-state index contributed by atoms with van der Waals surface area (Å²) in [4.78, 5) is 23.8. The number of halogens is 1. The van der Waals surface area contributed by atoms with Crippen LogP contribution in [-0.4, -0.2) is 28.2 Å². The largest absolute Gasteiger partial charge is 0.351 e. The molecular formula is C9H12ClN3O3. The molecule has 0 aromatic carbocycles. The lowest BCUT2D eigenvalue weighted by Gasteiger charge is -2.01. The molecule has 7 heteroatoms. The monoisotopic (exact) mass is 245 g/mol. The van der Waals surface area contributed by atoms with E-state index in [0.717, 1.165) is 12.8 Å². The minimum absolute atomic E-state index is 0.120. The quantitative estimate of drug-likeness (QED) is 0.346. The van der Waals surface area contributed by atoms with Crippen LogP contribution in [0, 0.1) is 10.1 Å². The van der Waals surface area contributed by atoms with Crippen molar-refractivity contribution in [2.45, 2.75) is 12.8 Å². The first-order chi connectivity index (χ1) is 7.65. The van der Waals surface area contributed by atoms with Gasteiger partial charge in [0.1, 0.15) is 5.69 Å². The maximum Gasteiger partial charge on any atom is 0.287 e. The van der Waals surface area contributed by atoms with Gasteiger partial charge in [0.15, 0.2) is 0 Å². The van der Waals surface area contributed by atoms with Gasteiger partial charge in [0, 0.05) is 18.5 Å². The average Bonchev–Trinajstić information content (AvgIpc) is 2.73. The molecule has 0 saturated carbocycles. The Kier molecular flexibility index (Phi) is 4.78. The van der Waals surface area contributed by atoms with Gasteiger partial charge in [-0.05, 0) is 12.8 Å². The molecule has 0 saturated heterocycles. The van der Waals surface area contributed by atoms with Crippen molar-refractivity contribution >= 4 is 23.2 Å². The zero-order valence-corrected chi connectivity index (χ0v) is 9.29. The Labute approximate surface area is 97.1 Å². The molecule has 0 aliphatic heterocycles. The smallest absolute Gasteiger partial charge is 0.287 e. The van der Waals surface area contributed by atoms with Crippen LogP contribution in [0.5, 0.6) is 0 Å². The van der Waals surface area contributed by atoms with Crippen molar-refractivity contribution in [3.05, 3.63) is 28.1 Å². The fourth-order valence-electron chi connectivity index (χ4n) is 1.14. The molecule has 0 aliphatic carbocycles. The maximum atomic E-state index is 11.4. The van der Waals surface area contributed by atoms with E-state index in [1.165, 1.54) is 12.3 Å². The molecular weight excluding hydrogens is 234 g/mol.